The lowest BCUT2D eigenvalue weighted by Crippen LogP contribution is -2.23. The summed E-state index contributed by atoms with van der Waals surface area (Å²) in [6.45, 7) is 1.90. The maximum absolute atomic E-state index is 12.6. The number of methoxy groups -OCH3 is 1. The number of aryl methyl sites for hydroxylation is 1. The van der Waals surface area contributed by atoms with E-state index in [0.717, 1.165) is 17.7 Å². The SMILES string of the molecule is CCc1ccc(OCC(=O)Nc2cc(-c3ccc(OC)cc3)nn2C2CCS(=O)(=O)C2)cc1. The molecule has 1 fully saturated rings. The fourth-order valence-electron chi connectivity index (χ4n) is 3.79. The third kappa shape index (κ3) is 5.54. The van der Waals surface area contributed by atoms with E-state index in [9.17, 15) is 13.2 Å². The molecule has 1 N–H and O–H groups in total. The number of amides is 1. The highest BCUT2D eigenvalue weighted by Gasteiger charge is 2.31. The normalized spacial score (nSPS) is 17.0. The van der Waals surface area contributed by atoms with Crippen molar-refractivity contribution in [2.45, 2.75) is 25.8 Å². The van der Waals surface area contributed by atoms with E-state index in [1.807, 2.05) is 48.5 Å². The predicted molar refractivity (Wildman–Crippen MR) is 126 cm³/mol. The molecule has 1 aliphatic heterocycles. The van der Waals surface area contributed by atoms with Crippen LogP contribution in [0.4, 0.5) is 5.82 Å². The molecule has 1 atom stereocenters. The third-order valence-corrected chi connectivity index (χ3v) is 7.40. The molecule has 0 radical (unpaired) electrons. The van der Waals surface area contributed by atoms with Crippen LogP contribution in [0.1, 0.15) is 24.9 Å². The summed E-state index contributed by atoms with van der Waals surface area (Å²) in [7, 11) is -1.52. The summed E-state index contributed by atoms with van der Waals surface area (Å²) in [6, 6.07) is 16.4. The average molecular weight is 470 g/mol. The van der Waals surface area contributed by atoms with Gasteiger partial charge in [-0.05, 0) is 54.8 Å². The van der Waals surface area contributed by atoms with E-state index < -0.39 is 9.84 Å². The van der Waals surface area contributed by atoms with Gasteiger partial charge in [0.1, 0.15) is 17.3 Å². The Hall–Kier alpha value is -3.33. The first-order valence-corrected chi connectivity index (χ1v) is 12.6. The Labute approximate surface area is 193 Å². The number of hydrogen-bond acceptors (Lipinski definition) is 6. The molecule has 2 aromatic carbocycles. The fourth-order valence-corrected chi connectivity index (χ4v) is 5.48. The number of sulfone groups is 1. The van der Waals surface area contributed by atoms with Crippen molar-refractivity contribution in [3.05, 3.63) is 60.2 Å². The van der Waals surface area contributed by atoms with Crippen LogP contribution in [0.3, 0.4) is 0 Å². The lowest BCUT2D eigenvalue weighted by Gasteiger charge is -2.14. The number of nitrogens with one attached hydrogen (secondary N) is 1. The second kappa shape index (κ2) is 9.66. The Morgan fingerprint density at radius 2 is 1.82 bits per heavy atom. The summed E-state index contributed by atoms with van der Waals surface area (Å²) < 4.78 is 36.5. The van der Waals surface area contributed by atoms with Gasteiger partial charge in [0.15, 0.2) is 16.4 Å². The van der Waals surface area contributed by atoms with Gasteiger partial charge in [0.2, 0.25) is 0 Å². The molecule has 3 aromatic rings. The van der Waals surface area contributed by atoms with Crippen LogP contribution in [-0.2, 0) is 21.1 Å². The summed E-state index contributed by atoms with van der Waals surface area (Å²) in [5.74, 6) is 1.53. The van der Waals surface area contributed by atoms with Crippen molar-refractivity contribution in [1.82, 2.24) is 9.78 Å². The Kier molecular flexibility index (Phi) is 6.69. The van der Waals surface area contributed by atoms with E-state index in [1.165, 1.54) is 5.56 Å². The molecule has 0 bridgehead atoms. The number of hydrogen-bond donors (Lipinski definition) is 1. The number of carbonyl (C=O) groups is 1. The highest BCUT2D eigenvalue weighted by atomic mass is 32.2. The smallest absolute Gasteiger partial charge is 0.263 e. The largest absolute Gasteiger partial charge is 0.497 e. The van der Waals surface area contributed by atoms with E-state index in [4.69, 9.17) is 9.47 Å². The number of carbonyl (C=O) groups excluding carboxylic acids is 1. The van der Waals surface area contributed by atoms with Gasteiger partial charge in [-0.3, -0.25) is 4.79 Å². The topological polar surface area (TPSA) is 99.5 Å². The monoisotopic (exact) mass is 469 g/mol. The highest BCUT2D eigenvalue weighted by molar-refractivity contribution is 7.91. The Morgan fingerprint density at radius 1 is 1.12 bits per heavy atom. The lowest BCUT2D eigenvalue weighted by molar-refractivity contribution is -0.118. The second-order valence-electron chi connectivity index (χ2n) is 7.98. The molecule has 0 spiro atoms. The molecule has 8 nitrogen and oxygen atoms in total. The van der Waals surface area contributed by atoms with Gasteiger partial charge in [-0.25, -0.2) is 13.1 Å². The van der Waals surface area contributed by atoms with Crippen LogP contribution in [0.15, 0.2) is 54.6 Å². The third-order valence-electron chi connectivity index (χ3n) is 5.64. The first-order chi connectivity index (χ1) is 15.9. The van der Waals surface area contributed by atoms with Crippen molar-refractivity contribution < 1.29 is 22.7 Å². The van der Waals surface area contributed by atoms with E-state index in [1.54, 1.807) is 17.9 Å². The summed E-state index contributed by atoms with van der Waals surface area (Å²) in [5, 5.41) is 7.47. The zero-order valence-electron chi connectivity index (χ0n) is 18.7. The number of rotatable bonds is 8. The predicted octanol–water partition coefficient (Wildman–Crippen LogP) is 3.50. The van der Waals surface area contributed by atoms with Crippen molar-refractivity contribution >= 4 is 21.6 Å². The molecular weight excluding hydrogens is 442 g/mol. The van der Waals surface area contributed by atoms with Gasteiger partial charge in [0, 0.05) is 11.6 Å². The quantitative estimate of drug-likeness (QED) is 0.542. The summed E-state index contributed by atoms with van der Waals surface area (Å²) in [4.78, 5) is 12.6. The summed E-state index contributed by atoms with van der Waals surface area (Å²) >= 11 is 0. The fraction of sp³-hybridized carbons (Fsp3) is 0.333. The van der Waals surface area contributed by atoms with Crippen LogP contribution in [0.5, 0.6) is 11.5 Å². The number of aromatic nitrogens is 2. The molecule has 174 valence electrons. The van der Waals surface area contributed by atoms with E-state index in [2.05, 4.69) is 17.3 Å². The molecule has 0 saturated carbocycles. The zero-order valence-corrected chi connectivity index (χ0v) is 19.5. The van der Waals surface area contributed by atoms with Crippen LogP contribution >= 0.6 is 0 Å². The molecular formula is C24H27N3O5S. The minimum Gasteiger partial charge on any atom is -0.497 e. The molecule has 1 amide bonds. The van der Waals surface area contributed by atoms with Gasteiger partial charge < -0.3 is 14.8 Å². The van der Waals surface area contributed by atoms with Crippen LogP contribution in [0.25, 0.3) is 11.3 Å². The van der Waals surface area contributed by atoms with Crippen LogP contribution in [0, 0.1) is 0 Å². The first kappa shape index (κ1) is 22.8. The molecule has 1 unspecified atom stereocenters. The molecule has 33 heavy (non-hydrogen) atoms. The minimum absolute atomic E-state index is 0.000119. The molecule has 2 heterocycles. The van der Waals surface area contributed by atoms with Crippen LogP contribution in [-0.4, -0.2) is 49.3 Å². The Bertz CT molecular complexity index is 1220. The number of ether oxygens (including phenoxy) is 2. The summed E-state index contributed by atoms with van der Waals surface area (Å²) in [6.07, 6.45) is 1.38. The highest BCUT2D eigenvalue weighted by Crippen LogP contribution is 2.31. The summed E-state index contributed by atoms with van der Waals surface area (Å²) in [5.41, 5.74) is 2.65. The minimum atomic E-state index is -3.12. The van der Waals surface area contributed by atoms with Crippen molar-refractivity contribution in [2.75, 3.05) is 30.5 Å². The van der Waals surface area contributed by atoms with Gasteiger partial charge in [0.25, 0.3) is 5.91 Å². The Balaban J connectivity index is 1.52. The van der Waals surface area contributed by atoms with Gasteiger partial charge in [-0.2, -0.15) is 5.10 Å². The first-order valence-electron chi connectivity index (χ1n) is 10.8. The van der Waals surface area contributed by atoms with Crippen molar-refractivity contribution in [3.8, 4) is 22.8 Å². The number of nitrogens with zero attached hydrogens (tertiary/aromatic N) is 2. The van der Waals surface area contributed by atoms with Gasteiger partial charge in [-0.15, -0.1) is 0 Å². The van der Waals surface area contributed by atoms with Crippen LogP contribution in [0.2, 0.25) is 0 Å². The van der Waals surface area contributed by atoms with Gasteiger partial charge >= 0.3 is 0 Å². The maximum atomic E-state index is 12.6. The van der Waals surface area contributed by atoms with E-state index in [-0.39, 0.29) is 30.1 Å². The van der Waals surface area contributed by atoms with E-state index in [0.29, 0.717) is 23.7 Å². The second-order valence-corrected chi connectivity index (χ2v) is 10.2. The molecule has 1 aliphatic rings. The lowest BCUT2D eigenvalue weighted by atomic mass is 10.1. The molecule has 0 aliphatic carbocycles. The zero-order chi connectivity index (χ0) is 23.4. The van der Waals surface area contributed by atoms with Crippen molar-refractivity contribution in [3.63, 3.8) is 0 Å². The van der Waals surface area contributed by atoms with Crippen molar-refractivity contribution in [2.24, 2.45) is 0 Å². The molecule has 9 heteroatoms. The number of anilines is 1. The van der Waals surface area contributed by atoms with E-state index >= 15 is 0 Å². The molecule has 1 aromatic heterocycles. The van der Waals surface area contributed by atoms with Crippen molar-refractivity contribution in [1.29, 1.82) is 0 Å². The van der Waals surface area contributed by atoms with Gasteiger partial charge in [-0.1, -0.05) is 19.1 Å². The average Bonchev–Trinajstić information content (AvgIpc) is 3.40. The molecule has 4 rings (SSSR count). The molecule has 1 saturated heterocycles. The van der Waals surface area contributed by atoms with Gasteiger partial charge in [0.05, 0.1) is 30.4 Å². The maximum Gasteiger partial charge on any atom is 0.263 e. The standard InChI is InChI=1S/C24H27N3O5S/c1-3-17-4-8-21(9-5-17)32-15-24(28)25-23-14-22(18-6-10-20(31-2)11-7-18)26-27(23)19-12-13-33(29,30)16-19/h4-11,14,19H,3,12-13,15-16H2,1-2H3,(H,25,28). The Morgan fingerprint density at radius 3 is 2.42 bits per heavy atom. The number of benzene rings is 2. The van der Waals surface area contributed by atoms with Crippen LogP contribution < -0.4 is 14.8 Å².